The Hall–Kier alpha value is -3.62. The number of carbonyl (C=O) groups is 3. The molecule has 188 valence electrons. The van der Waals surface area contributed by atoms with Crippen LogP contribution in [0.2, 0.25) is 0 Å². The number of nitrogens with zero attached hydrogens (tertiary/aromatic N) is 1. The quantitative estimate of drug-likeness (QED) is 0.531. The van der Waals surface area contributed by atoms with Gasteiger partial charge >= 0.3 is 18.1 Å². The number of rotatable bonds is 4. The van der Waals surface area contributed by atoms with E-state index in [1.54, 1.807) is 23.1 Å². The molecule has 9 heteroatoms. The molecule has 3 atom stereocenters. The van der Waals surface area contributed by atoms with E-state index in [-0.39, 0.29) is 25.1 Å². The molecule has 1 fully saturated rings. The van der Waals surface area contributed by atoms with Gasteiger partial charge in [0.05, 0.1) is 11.6 Å². The van der Waals surface area contributed by atoms with Crippen LogP contribution < -0.4 is 10.6 Å². The lowest BCUT2D eigenvalue weighted by Gasteiger charge is -2.34. The van der Waals surface area contributed by atoms with Crippen LogP contribution in [0.4, 0.5) is 25.4 Å². The number of carboxylic acids is 1. The summed E-state index contributed by atoms with van der Waals surface area (Å²) >= 11 is 0. The minimum atomic E-state index is -0.841. The van der Waals surface area contributed by atoms with Crippen LogP contribution in [0.5, 0.6) is 0 Å². The number of hydrogen-bond acceptors (Lipinski definition) is 4. The van der Waals surface area contributed by atoms with Crippen LogP contribution in [-0.4, -0.2) is 40.7 Å². The molecule has 8 nitrogen and oxygen atoms in total. The van der Waals surface area contributed by atoms with Crippen molar-refractivity contribution in [2.75, 3.05) is 17.2 Å². The number of amides is 3. The number of carbonyl (C=O) groups excluding carboxylic acids is 2. The predicted octanol–water partition coefficient (Wildman–Crippen LogP) is 5.49. The highest BCUT2D eigenvalue weighted by molar-refractivity contribution is 5.99. The SMILES string of the molecule is C.CC1CCC(OC(=O)N2CCc3cc(NC(=O)Nc4ccccc4F)ccc3C2)CC1C(=O)O. The lowest BCUT2D eigenvalue weighted by Crippen LogP contribution is -2.40. The molecule has 0 radical (unpaired) electrons. The van der Waals surface area contributed by atoms with Gasteiger partial charge in [-0.25, -0.2) is 14.0 Å². The van der Waals surface area contributed by atoms with Gasteiger partial charge in [-0.3, -0.25) is 4.79 Å². The summed E-state index contributed by atoms with van der Waals surface area (Å²) in [5, 5.41) is 14.6. The zero-order chi connectivity index (χ0) is 24.2. The fraction of sp³-hybridized carbons (Fsp3) is 0.423. The maximum atomic E-state index is 13.7. The average molecular weight is 486 g/mol. The Balaban J connectivity index is 0.00000342. The molecule has 1 heterocycles. The first-order valence-corrected chi connectivity index (χ1v) is 11.4. The number of fused-ring (bicyclic) bond motifs is 1. The first-order chi connectivity index (χ1) is 16.3. The van der Waals surface area contributed by atoms with E-state index in [4.69, 9.17) is 4.74 Å². The smallest absolute Gasteiger partial charge is 0.410 e. The summed E-state index contributed by atoms with van der Waals surface area (Å²) < 4.78 is 19.4. The van der Waals surface area contributed by atoms with Gasteiger partial charge < -0.3 is 25.4 Å². The van der Waals surface area contributed by atoms with Crippen molar-refractivity contribution in [3.63, 3.8) is 0 Å². The number of benzene rings is 2. The number of ether oxygens (including phenoxy) is 1. The molecule has 2 aromatic carbocycles. The Bertz CT molecular complexity index is 1090. The van der Waals surface area contributed by atoms with Crippen molar-refractivity contribution >= 4 is 29.5 Å². The maximum Gasteiger partial charge on any atom is 0.410 e. The maximum absolute atomic E-state index is 13.7. The van der Waals surface area contributed by atoms with Crippen molar-refractivity contribution < 1.29 is 28.6 Å². The van der Waals surface area contributed by atoms with Crippen molar-refractivity contribution in [1.29, 1.82) is 0 Å². The van der Waals surface area contributed by atoms with Gasteiger partial charge in [-0.15, -0.1) is 0 Å². The number of urea groups is 1. The molecule has 35 heavy (non-hydrogen) atoms. The van der Waals surface area contributed by atoms with E-state index in [0.29, 0.717) is 38.0 Å². The minimum Gasteiger partial charge on any atom is -0.481 e. The summed E-state index contributed by atoms with van der Waals surface area (Å²) in [4.78, 5) is 38.0. The normalized spacial score (nSPS) is 21.2. The third kappa shape index (κ3) is 6.29. The first kappa shape index (κ1) is 26.0. The predicted molar refractivity (Wildman–Crippen MR) is 131 cm³/mol. The molecule has 2 aliphatic rings. The molecule has 3 N–H and O–H groups in total. The van der Waals surface area contributed by atoms with E-state index < -0.39 is 29.8 Å². The second-order valence-electron chi connectivity index (χ2n) is 8.95. The molecule has 0 spiro atoms. The summed E-state index contributed by atoms with van der Waals surface area (Å²) in [7, 11) is 0. The van der Waals surface area contributed by atoms with Gasteiger partial charge in [0.25, 0.3) is 0 Å². The van der Waals surface area contributed by atoms with Gasteiger partial charge in [0.15, 0.2) is 0 Å². The Morgan fingerprint density at radius 2 is 1.86 bits per heavy atom. The Morgan fingerprint density at radius 3 is 2.60 bits per heavy atom. The molecule has 1 saturated carbocycles. The average Bonchev–Trinajstić information content (AvgIpc) is 2.81. The fourth-order valence-electron chi connectivity index (χ4n) is 4.59. The van der Waals surface area contributed by atoms with Gasteiger partial charge in [-0.1, -0.05) is 32.5 Å². The molecule has 0 bridgehead atoms. The molecule has 3 unspecified atom stereocenters. The molecule has 4 rings (SSSR count). The van der Waals surface area contributed by atoms with Crippen LogP contribution >= 0.6 is 0 Å². The monoisotopic (exact) mass is 485 g/mol. The third-order valence-corrected chi connectivity index (χ3v) is 6.59. The van der Waals surface area contributed by atoms with E-state index in [1.165, 1.54) is 12.1 Å². The summed E-state index contributed by atoms with van der Waals surface area (Å²) in [6.07, 6.45) is 1.51. The van der Waals surface area contributed by atoms with Crippen molar-refractivity contribution in [3.05, 3.63) is 59.4 Å². The highest BCUT2D eigenvalue weighted by Crippen LogP contribution is 2.32. The molecular formula is C26H32FN3O5. The van der Waals surface area contributed by atoms with E-state index in [0.717, 1.165) is 17.5 Å². The fourth-order valence-corrected chi connectivity index (χ4v) is 4.59. The molecule has 1 aliphatic heterocycles. The lowest BCUT2D eigenvalue weighted by molar-refractivity contribution is -0.146. The molecule has 0 aromatic heterocycles. The summed E-state index contributed by atoms with van der Waals surface area (Å²) in [5.74, 6) is -1.77. The zero-order valence-electron chi connectivity index (χ0n) is 18.9. The van der Waals surface area contributed by atoms with E-state index in [1.807, 2.05) is 19.1 Å². The molecule has 2 aromatic rings. The van der Waals surface area contributed by atoms with Gasteiger partial charge in [0, 0.05) is 18.8 Å². The number of aliphatic carboxylic acids is 1. The van der Waals surface area contributed by atoms with E-state index in [9.17, 15) is 23.9 Å². The first-order valence-electron chi connectivity index (χ1n) is 11.4. The number of para-hydroxylation sites is 1. The minimum absolute atomic E-state index is 0. The number of halogens is 1. The standard InChI is InChI=1S/C25H28FN3O5.CH4/c1-15-6-9-19(13-20(15)23(30)31)34-25(33)29-11-10-16-12-18(8-7-17(16)14-29)27-24(32)28-22-5-3-2-4-21(22)26;/h2-5,7-8,12,15,19-20H,6,9-11,13-14H2,1H3,(H,30,31)(H2,27,28,32);1H4. The zero-order valence-corrected chi connectivity index (χ0v) is 18.9. The molecular weight excluding hydrogens is 453 g/mol. The van der Waals surface area contributed by atoms with Gasteiger partial charge in [-0.2, -0.15) is 0 Å². The summed E-state index contributed by atoms with van der Waals surface area (Å²) in [6, 6.07) is 10.8. The van der Waals surface area contributed by atoms with Crippen LogP contribution in [-0.2, 0) is 22.5 Å². The summed E-state index contributed by atoms with van der Waals surface area (Å²) in [6.45, 7) is 2.76. The highest BCUT2D eigenvalue weighted by atomic mass is 19.1. The number of nitrogens with one attached hydrogen (secondary N) is 2. The van der Waals surface area contributed by atoms with Crippen LogP contribution in [0.3, 0.4) is 0 Å². The number of carboxylic acid groups (broad SMARTS) is 1. The van der Waals surface area contributed by atoms with Crippen LogP contribution in [0.1, 0.15) is 44.7 Å². The second-order valence-corrected chi connectivity index (χ2v) is 8.95. The van der Waals surface area contributed by atoms with Crippen molar-refractivity contribution in [1.82, 2.24) is 4.90 Å². The third-order valence-electron chi connectivity index (χ3n) is 6.59. The van der Waals surface area contributed by atoms with E-state index >= 15 is 0 Å². The van der Waals surface area contributed by atoms with Crippen LogP contribution in [0, 0.1) is 17.7 Å². The number of anilines is 2. The van der Waals surface area contributed by atoms with Crippen LogP contribution in [0.25, 0.3) is 0 Å². The van der Waals surface area contributed by atoms with Crippen LogP contribution in [0.15, 0.2) is 42.5 Å². The highest BCUT2D eigenvalue weighted by Gasteiger charge is 2.35. The van der Waals surface area contributed by atoms with Crippen molar-refractivity contribution in [3.8, 4) is 0 Å². The van der Waals surface area contributed by atoms with Gasteiger partial charge in [0.1, 0.15) is 11.9 Å². The van der Waals surface area contributed by atoms with Gasteiger partial charge in [0.2, 0.25) is 0 Å². The summed E-state index contributed by atoms with van der Waals surface area (Å²) in [5.41, 5.74) is 2.61. The largest absolute Gasteiger partial charge is 0.481 e. The topological polar surface area (TPSA) is 108 Å². The lowest BCUT2D eigenvalue weighted by atomic mass is 9.79. The van der Waals surface area contributed by atoms with Gasteiger partial charge in [-0.05, 0) is 67.0 Å². The Labute approximate surface area is 204 Å². The van der Waals surface area contributed by atoms with E-state index in [2.05, 4.69) is 10.6 Å². The Morgan fingerprint density at radius 1 is 1.09 bits per heavy atom. The molecule has 3 amide bonds. The van der Waals surface area contributed by atoms with Crippen molar-refractivity contribution in [2.24, 2.45) is 11.8 Å². The molecule has 0 saturated heterocycles. The Kier molecular flexibility index (Phi) is 8.32. The van der Waals surface area contributed by atoms with Crippen molar-refractivity contribution in [2.45, 2.75) is 52.7 Å². The number of hydrogen-bond donors (Lipinski definition) is 3. The second kappa shape index (κ2) is 11.2. The molecule has 1 aliphatic carbocycles.